The molecule has 0 amide bonds. The van der Waals surface area contributed by atoms with Crippen LogP contribution in [0, 0.1) is 12.3 Å². The van der Waals surface area contributed by atoms with Crippen LogP contribution in [0.15, 0.2) is 0 Å². The molecular weight excluding hydrogens is 132 g/mol. The van der Waals surface area contributed by atoms with E-state index in [0.717, 1.165) is 0 Å². The van der Waals surface area contributed by atoms with E-state index in [1.54, 1.807) is 0 Å². The maximum absolute atomic E-state index is 10.4. The Balaban J connectivity index is 2.34. The van der Waals surface area contributed by atoms with E-state index >= 15 is 0 Å². The third-order valence-corrected chi connectivity index (χ3v) is 1.27. The van der Waals surface area contributed by atoms with Crippen molar-refractivity contribution in [1.82, 2.24) is 0 Å². The van der Waals surface area contributed by atoms with Crippen LogP contribution in [-0.4, -0.2) is 18.9 Å². The van der Waals surface area contributed by atoms with Crippen LogP contribution in [0.3, 0.4) is 0 Å². The predicted molar refractivity (Wildman–Crippen MR) is 34.3 cm³/mol. The Labute approximate surface area is 59.3 Å². The number of hydrogen-bond donors (Lipinski definition) is 0. The molecule has 0 saturated carbocycles. The zero-order valence-electron chi connectivity index (χ0n) is 5.50. The minimum Gasteiger partial charge on any atom is -0.434 e. The van der Waals surface area contributed by atoms with Gasteiger partial charge in [0.25, 0.3) is 0 Å². The van der Waals surface area contributed by atoms with E-state index in [0.29, 0.717) is 19.4 Å². The summed E-state index contributed by atoms with van der Waals surface area (Å²) < 4.78 is 9.25. The maximum atomic E-state index is 10.4. The van der Waals surface area contributed by atoms with Gasteiger partial charge in [-0.1, -0.05) is 0 Å². The van der Waals surface area contributed by atoms with E-state index < -0.39 is 6.16 Å². The molecule has 0 aromatic heterocycles. The molecule has 1 rings (SSSR count). The highest BCUT2D eigenvalue weighted by molar-refractivity contribution is 5.60. The molecule has 3 nitrogen and oxygen atoms in total. The number of rotatable bonds is 1. The maximum Gasteiger partial charge on any atom is 0.508 e. The van der Waals surface area contributed by atoms with Gasteiger partial charge in [0.2, 0.25) is 0 Å². The number of ether oxygens (including phenoxy) is 2. The topological polar surface area (TPSA) is 35.5 Å². The average Bonchev–Trinajstić information content (AvgIpc) is 1.88. The van der Waals surface area contributed by atoms with Crippen LogP contribution in [0.5, 0.6) is 0 Å². The van der Waals surface area contributed by atoms with Crippen molar-refractivity contribution in [2.45, 2.75) is 18.9 Å². The molecule has 0 aromatic carbocycles. The number of terminal acetylenes is 1. The second-order valence-electron chi connectivity index (χ2n) is 2.04. The molecule has 54 valence electrons. The zero-order valence-corrected chi connectivity index (χ0v) is 5.50. The van der Waals surface area contributed by atoms with Gasteiger partial charge in [0, 0.05) is 12.8 Å². The molecule has 0 spiro atoms. The Morgan fingerprint density at radius 1 is 1.80 bits per heavy atom. The van der Waals surface area contributed by atoms with Crippen molar-refractivity contribution in [3.8, 4) is 12.3 Å². The van der Waals surface area contributed by atoms with Gasteiger partial charge in [-0.25, -0.2) is 4.79 Å². The van der Waals surface area contributed by atoms with Crippen LogP contribution in [0.2, 0.25) is 0 Å². The van der Waals surface area contributed by atoms with Gasteiger partial charge < -0.3 is 9.47 Å². The molecule has 1 unspecified atom stereocenters. The molecule has 10 heavy (non-hydrogen) atoms. The monoisotopic (exact) mass is 140 g/mol. The van der Waals surface area contributed by atoms with Crippen LogP contribution >= 0.6 is 0 Å². The predicted octanol–water partition coefficient (Wildman–Crippen LogP) is 0.935. The summed E-state index contributed by atoms with van der Waals surface area (Å²) in [4.78, 5) is 10.4. The smallest absolute Gasteiger partial charge is 0.434 e. The normalized spacial score (nSPS) is 24.3. The van der Waals surface area contributed by atoms with E-state index in [9.17, 15) is 4.79 Å². The van der Waals surface area contributed by atoms with Crippen molar-refractivity contribution in [1.29, 1.82) is 0 Å². The molecule has 1 aliphatic heterocycles. The summed E-state index contributed by atoms with van der Waals surface area (Å²) in [5, 5.41) is 0. The standard InChI is InChI=1S/C7H8O3/c1-2-3-6-4-5-9-7(8)10-6/h1,6H,3-5H2. The fourth-order valence-corrected chi connectivity index (χ4v) is 0.778. The Hall–Kier alpha value is -1.17. The van der Waals surface area contributed by atoms with Crippen molar-refractivity contribution >= 4 is 6.16 Å². The number of carbonyl (C=O) groups excluding carboxylic acids is 1. The quantitative estimate of drug-likeness (QED) is 0.401. The number of hydrogen-bond acceptors (Lipinski definition) is 3. The number of carbonyl (C=O) groups is 1. The van der Waals surface area contributed by atoms with Gasteiger partial charge in [-0.3, -0.25) is 0 Å². The van der Waals surface area contributed by atoms with Crippen molar-refractivity contribution in [2.24, 2.45) is 0 Å². The molecule has 0 N–H and O–H groups in total. The van der Waals surface area contributed by atoms with Crippen LogP contribution in [0.25, 0.3) is 0 Å². The average molecular weight is 140 g/mol. The summed E-state index contributed by atoms with van der Waals surface area (Å²) in [6, 6.07) is 0. The van der Waals surface area contributed by atoms with Crippen molar-refractivity contribution in [3.63, 3.8) is 0 Å². The Morgan fingerprint density at radius 3 is 3.20 bits per heavy atom. The summed E-state index contributed by atoms with van der Waals surface area (Å²) in [5.74, 6) is 2.43. The largest absolute Gasteiger partial charge is 0.508 e. The van der Waals surface area contributed by atoms with Crippen LogP contribution in [0.4, 0.5) is 4.79 Å². The van der Waals surface area contributed by atoms with E-state index in [4.69, 9.17) is 11.2 Å². The molecule has 0 radical (unpaired) electrons. The third kappa shape index (κ3) is 1.66. The highest BCUT2D eigenvalue weighted by Gasteiger charge is 2.19. The first-order chi connectivity index (χ1) is 4.83. The van der Waals surface area contributed by atoms with Crippen LogP contribution in [-0.2, 0) is 9.47 Å². The zero-order chi connectivity index (χ0) is 7.40. The van der Waals surface area contributed by atoms with Crippen LogP contribution < -0.4 is 0 Å². The second kappa shape index (κ2) is 3.11. The van der Waals surface area contributed by atoms with Gasteiger partial charge in [-0.2, -0.15) is 0 Å². The molecule has 1 saturated heterocycles. The molecule has 0 aliphatic carbocycles. The van der Waals surface area contributed by atoms with E-state index in [2.05, 4.69) is 10.7 Å². The van der Waals surface area contributed by atoms with Crippen molar-refractivity contribution in [2.75, 3.05) is 6.61 Å². The third-order valence-electron chi connectivity index (χ3n) is 1.27. The van der Waals surface area contributed by atoms with Gasteiger partial charge in [0.15, 0.2) is 0 Å². The molecule has 1 fully saturated rings. The highest BCUT2D eigenvalue weighted by atomic mass is 16.7. The lowest BCUT2D eigenvalue weighted by molar-refractivity contribution is -0.0202. The molecular formula is C7H8O3. The van der Waals surface area contributed by atoms with Crippen molar-refractivity contribution < 1.29 is 14.3 Å². The SMILES string of the molecule is C#CCC1CCOC(=O)O1. The van der Waals surface area contributed by atoms with Gasteiger partial charge >= 0.3 is 6.16 Å². The summed E-state index contributed by atoms with van der Waals surface area (Å²) in [6.45, 7) is 0.422. The van der Waals surface area contributed by atoms with Gasteiger partial charge in [0.05, 0.1) is 6.61 Å². The van der Waals surface area contributed by atoms with Crippen molar-refractivity contribution in [3.05, 3.63) is 0 Å². The summed E-state index contributed by atoms with van der Waals surface area (Å²) in [7, 11) is 0. The molecule has 1 aliphatic rings. The minimum absolute atomic E-state index is 0.133. The lowest BCUT2D eigenvalue weighted by Crippen LogP contribution is -2.26. The number of cyclic esters (lactones) is 2. The first-order valence-electron chi connectivity index (χ1n) is 3.10. The van der Waals surface area contributed by atoms with Gasteiger partial charge in [-0.15, -0.1) is 12.3 Å². The Kier molecular flexibility index (Phi) is 2.16. The minimum atomic E-state index is -0.605. The molecule has 1 atom stereocenters. The molecule has 0 aromatic rings. The fraction of sp³-hybridized carbons (Fsp3) is 0.571. The van der Waals surface area contributed by atoms with Crippen LogP contribution in [0.1, 0.15) is 12.8 Å². The first-order valence-corrected chi connectivity index (χ1v) is 3.10. The summed E-state index contributed by atoms with van der Waals surface area (Å²) >= 11 is 0. The fourth-order valence-electron chi connectivity index (χ4n) is 0.778. The van der Waals surface area contributed by atoms with Gasteiger partial charge in [-0.05, 0) is 0 Å². The highest BCUT2D eigenvalue weighted by Crippen LogP contribution is 2.10. The molecule has 3 heteroatoms. The lowest BCUT2D eigenvalue weighted by Gasteiger charge is -2.19. The lowest BCUT2D eigenvalue weighted by atomic mass is 10.2. The van der Waals surface area contributed by atoms with E-state index in [-0.39, 0.29) is 6.10 Å². The first kappa shape index (κ1) is 6.94. The molecule has 1 heterocycles. The van der Waals surface area contributed by atoms with E-state index in [1.165, 1.54) is 0 Å². The van der Waals surface area contributed by atoms with Gasteiger partial charge in [0.1, 0.15) is 6.10 Å². The molecule has 0 bridgehead atoms. The Morgan fingerprint density at radius 2 is 2.60 bits per heavy atom. The van der Waals surface area contributed by atoms with E-state index in [1.807, 2.05) is 0 Å². The summed E-state index contributed by atoms with van der Waals surface area (Å²) in [6.07, 6.45) is 5.47. The summed E-state index contributed by atoms with van der Waals surface area (Å²) in [5.41, 5.74) is 0. The Bertz CT molecular complexity index is 168. The second-order valence-corrected chi connectivity index (χ2v) is 2.04.